The van der Waals surface area contributed by atoms with Crippen LogP contribution in [0.1, 0.15) is 22.0 Å². The van der Waals surface area contributed by atoms with E-state index in [-0.39, 0.29) is 11.9 Å². The highest BCUT2D eigenvalue weighted by Crippen LogP contribution is 2.27. The lowest BCUT2D eigenvalue weighted by atomic mass is 10.0. The van der Waals surface area contributed by atoms with E-state index in [1.165, 1.54) is 0 Å². The molecule has 1 aliphatic heterocycles. The molecule has 1 saturated heterocycles. The van der Waals surface area contributed by atoms with E-state index in [1.807, 2.05) is 35.2 Å². The predicted molar refractivity (Wildman–Crippen MR) is 103 cm³/mol. The molecule has 0 saturated carbocycles. The van der Waals surface area contributed by atoms with E-state index >= 15 is 0 Å². The van der Waals surface area contributed by atoms with Crippen molar-refractivity contribution in [3.8, 4) is 0 Å². The summed E-state index contributed by atoms with van der Waals surface area (Å²) >= 11 is 0. The summed E-state index contributed by atoms with van der Waals surface area (Å²) in [4.78, 5) is 17.2. The molecule has 1 heterocycles. The summed E-state index contributed by atoms with van der Waals surface area (Å²) in [5.74, 6) is -0.0934. The highest BCUT2D eigenvalue weighted by molar-refractivity contribution is 7.92. The van der Waals surface area contributed by atoms with Crippen LogP contribution in [0.25, 0.3) is 0 Å². The zero-order valence-corrected chi connectivity index (χ0v) is 15.7. The monoisotopic (exact) mass is 373 g/mol. The van der Waals surface area contributed by atoms with Crippen molar-refractivity contribution >= 4 is 21.6 Å². The molecule has 3 rings (SSSR count). The van der Waals surface area contributed by atoms with Crippen LogP contribution in [0, 0.1) is 0 Å². The van der Waals surface area contributed by atoms with Gasteiger partial charge in [-0.05, 0) is 30.8 Å². The van der Waals surface area contributed by atoms with Gasteiger partial charge in [0, 0.05) is 30.9 Å². The molecule has 2 aromatic rings. The Kier molecular flexibility index (Phi) is 5.29. The van der Waals surface area contributed by atoms with Crippen molar-refractivity contribution in [2.24, 2.45) is 0 Å². The number of likely N-dealkylation sites (N-methyl/N-ethyl adjacent to an activating group) is 1. The Morgan fingerprint density at radius 2 is 1.81 bits per heavy atom. The molecule has 0 bridgehead atoms. The summed E-state index contributed by atoms with van der Waals surface area (Å²) < 4.78 is 25.3. The van der Waals surface area contributed by atoms with Gasteiger partial charge in [-0.25, -0.2) is 8.42 Å². The maximum Gasteiger partial charge on any atom is 0.254 e. The number of nitrogens with zero attached hydrogens (tertiary/aromatic N) is 2. The molecule has 7 heteroatoms. The number of sulfonamides is 1. The standard InChI is InChI=1S/C19H23N3O3S/c1-21-11-12-22(18(14-21)15-7-4-3-5-8-15)19(23)16-9-6-10-17(13-16)20-26(2,24)25/h3-10,13,18,20H,11-12,14H2,1-2H3/t18-/m1/s1. The van der Waals surface area contributed by atoms with Crippen molar-refractivity contribution in [1.29, 1.82) is 0 Å². The third-order valence-electron chi connectivity index (χ3n) is 4.44. The van der Waals surface area contributed by atoms with Gasteiger partial charge in [-0.15, -0.1) is 0 Å². The molecule has 1 fully saturated rings. The SMILES string of the molecule is CN1CCN(C(=O)c2cccc(NS(C)(=O)=O)c2)[C@@H](c2ccccc2)C1. The van der Waals surface area contributed by atoms with Crippen LogP contribution >= 0.6 is 0 Å². The fourth-order valence-corrected chi connectivity index (χ4v) is 3.77. The van der Waals surface area contributed by atoms with Crippen LogP contribution in [0.4, 0.5) is 5.69 Å². The number of rotatable bonds is 4. The number of hydrogen-bond donors (Lipinski definition) is 1. The van der Waals surface area contributed by atoms with Crippen molar-refractivity contribution in [3.63, 3.8) is 0 Å². The molecule has 0 aromatic heterocycles. The second kappa shape index (κ2) is 7.47. The smallest absolute Gasteiger partial charge is 0.254 e. The minimum Gasteiger partial charge on any atom is -0.329 e. The van der Waals surface area contributed by atoms with Crippen molar-refractivity contribution in [1.82, 2.24) is 9.80 Å². The first-order chi connectivity index (χ1) is 12.3. The molecule has 0 radical (unpaired) electrons. The van der Waals surface area contributed by atoms with Crippen LogP contribution in [0.2, 0.25) is 0 Å². The molecule has 1 N–H and O–H groups in total. The molecule has 1 aliphatic rings. The van der Waals surface area contributed by atoms with E-state index in [0.717, 1.165) is 24.9 Å². The van der Waals surface area contributed by atoms with Crippen LogP contribution in [0.15, 0.2) is 54.6 Å². The quantitative estimate of drug-likeness (QED) is 0.892. The van der Waals surface area contributed by atoms with Crippen molar-refractivity contribution in [3.05, 3.63) is 65.7 Å². The summed E-state index contributed by atoms with van der Waals surface area (Å²) in [5.41, 5.74) is 1.96. The first-order valence-corrected chi connectivity index (χ1v) is 10.3. The van der Waals surface area contributed by atoms with Gasteiger partial charge in [0.05, 0.1) is 12.3 Å². The minimum absolute atomic E-state index is 0.0334. The summed E-state index contributed by atoms with van der Waals surface area (Å²) in [6.45, 7) is 2.19. The van der Waals surface area contributed by atoms with Crippen LogP contribution < -0.4 is 4.72 Å². The maximum absolute atomic E-state index is 13.1. The number of nitrogens with one attached hydrogen (secondary N) is 1. The van der Waals surface area contributed by atoms with Crippen LogP contribution in [-0.4, -0.2) is 57.1 Å². The molecule has 1 atom stereocenters. The summed E-state index contributed by atoms with van der Waals surface area (Å²) in [6.07, 6.45) is 1.09. The molecule has 1 amide bonds. The summed E-state index contributed by atoms with van der Waals surface area (Å²) in [7, 11) is -1.34. The largest absolute Gasteiger partial charge is 0.329 e. The van der Waals surface area contributed by atoms with Gasteiger partial charge >= 0.3 is 0 Å². The van der Waals surface area contributed by atoms with E-state index in [9.17, 15) is 13.2 Å². The molecule has 6 nitrogen and oxygen atoms in total. The molecule has 2 aromatic carbocycles. The number of carbonyl (C=O) groups excluding carboxylic acids is 1. The van der Waals surface area contributed by atoms with E-state index in [2.05, 4.69) is 16.7 Å². The van der Waals surface area contributed by atoms with Crippen molar-refractivity contribution in [2.45, 2.75) is 6.04 Å². The number of anilines is 1. The Bertz CT molecular complexity index is 884. The molecule has 0 unspecified atom stereocenters. The normalized spacial score (nSPS) is 18.5. The lowest BCUT2D eigenvalue weighted by Gasteiger charge is -2.40. The topological polar surface area (TPSA) is 69.7 Å². The van der Waals surface area contributed by atoms with Gasteiger partial charge < -0.3 is 9.80 Å². The highest BCUT2D eigenvalue weighted by atomic mass is 32.2. The predicted octanol–water partition coefficient (Wildman–Crippen LogP) is 2.19. The third-order valence-corrected chi connectivity index (χ3v) is 5.05. The molecule has 138 valence electrons. The zero-order valence-electron chi connectivity index (χ0n) is 14.9. The Morgan fingerprint density at radius 3 is 2.50 bits per heavy atom. The van der Waals surface area contributed by atoms with Gasteiger partial charge in [0.15, 0.2) is 0 Å². The average Bonchev–Trinajstić information content (AvgIpc) is 2.60. The molecular formula is C19H23N3O3S. The Morgan fingerprint density at radius 1 is 1.08 bits per heavy atom. The van der Waals surface area contributed by atoms with Crippen molar-refractivity contribution < 1.29 is 13.2 Å². The lowest BCUT2D eigenvalue weighted by molar-refractivity contribution is 0.0498. The highest BCUT2D eigenvalue weighted by Gasteiger charge is 2.30. The third kappa shape index (κ3) is 4.42. The summed E-state index contributed by atoms with van der Waals surface area (Å²) in [6, 6.07) is 16.6. The number of benzene rings is 2. The fourth-order valence-electron chi connectivity index (χ4n) is 3.22. The molecule has 0 aliphatic carbocycles. The summed E-state index contributed by atoms with van der Waals surface area (Å²) in [5, 5.41) is 0. The first-order valence-electron chi connectivity index (χ1n) is 8.46. The molecule has 0 spiro atoms. The molecule has 26 heavy (non-hydrogen) atoms. The first kappa shape index (κ1) is 18.4. The van der Waals surface area contributed by atoms with Crippen molar-refractivity contribution in [2.75, 3.05) is 37.7 Å². The van der Waals surface area contributed by atoms with Gasteiger partial charge in [-0.3, -0.25) is 9.52 Å². The van der Waals surface area contributed by atoms with Gasteiger partial charge in [-0.1, -0.05) is 36.4 Å². The second-order valence-electron chi connectivity index (χ2n) is 6.64. The number of hydrogen-bond acceptors (Lipinski definition) is 4. The lowest BCUT2D eigenvalue weighted by Crippen LogP contribution is -2.49. The van der Waals surface area contributed by atoms with Crippen LogP contribution in [0.3, 0.4) is 0 Å². The van der Waals surface area contributed by atoms with Crippen LogP contribution in [-0.2, 0) is 10.0 Å². The van der Waals surface area contributed by atoms with E-state index in [4.69, 9.17) is 0 Å². The Hall–Kier alpha value is -2.38. The second-order valence-corrected chi connectivity index (χ2v) is 8.39. The van der Waals surface area contributed by atoms with Crippen LogP contribution in [0.5, 0.6) is 0 Å². The maximum atomic E-state index is 13.1. The van der Waals surface area contributed by atoms with E-state index in [0.29, 0.717) is 17.8 Å². The Balaban J connectivity index is 1.88. The number of carbonyl (C=O) groups is 1. The zero-order chi connectivity index (χ0) is 18.7. The molecular weight excluding hydrogens is 350 g/mol. The van der Waals surface area contributed by atoms with E-state index in [1.54, 1.807) is 24.3 Å². The Labute approximate surface area is 154 Å². The van der Waals surface area contributed by atoms with Gasteiger partial charge in [-0.2, -0.15) is 0 Å². The minimum atomic E-state index is -3.39. The number of amides is 1. The fraction of sp³-hybridized carbons (Fsp3) is 0.316. The van der Waals surface area contributed by atoms with Gasteiger partial charge in [0.1, 0.15) is 0 Å². The average molecular weight is 373 g/mol. The van der Waals surface area contributed by atoms with Gasteiger partial charge in [0.25, 0.3) is 5.91 Å². The van der Waals surface area contributed by atoms with E-state index < -0.39 is 10.0 Å². The van der Waals surface area contributed by atoms with Gasteiger partial charge in [0.2, 0.25) is 10.0 Å². The number of piperazine rings is 1.